The third-order valence-corrected chi connectivity index (χ3v) is 3.95. The monoisotopic (exact) mass is 337 g/mol. The van der Waals surface area contributed by atoms with Crippen LogP contribution in [0.4, 0.5) is 0 Å². The van der Waals surface area contributed by atoms with E-state index in [1.54, 1.807) is 6.21 Å². The molecule has 0 bridgehead atoms. The Balaban J connectivity index is 1.67. The number of fused-ring (bicyclic) bond motifs is 1. The standard InChI is InChI=1S/C18H21N6O/c1-14-4-3-5-18-23(2)16(11-24(14)18)12-25-17-8-6-15(7-9-17)10-21-22-13-20-19/h3-11,13H,12,19H2,1-2H3,(H,20,22)/q+1/b21-10-. The molecule has 3 N–H and O–H groups in total. The van der Waals surface area contributed by atoms with Gasteiger partial charge in [-0.3, -0.25) is 5.43 Å². The third-order valence-electron chi connectivity index (χ3n) is 3.95. The molecule has 25 heavy (non-hydrogen) atoms. The van der Waals surface area contributed by atoms with Gasteiger partial charge >= 0.3 is 0 Å². The Labute approximate surface area is 146 Å². The summed E-state index contributed by atoms with van der Waals surface area (Å²) >= 11 is 0. The molecule has 0 atom stereocenters. The highest BCUT2D eigenvalue weighted by Gasteiger charge is 2.15. The number of aryl methyl sites for hydroxylation is 2. The fourth-order valence-corrected chi connectivity index (χ4v) is 2.56. The molecule has 7 heteroatoms. The number of rotatable bonds is 6. The molecule has 7 nitrogen and oxygen atoms in total. The molecule has 0 fully saturated rings. The van der Waals surface area contributed by atoms with Crippen LogP contribution >= 0.6 is 0 Å². The number of nitrogens with two attached hydrogens (primary N) is 1. The Morgan fingerprint density at radius 3 is 2.76 bits per heavy atom. The van der Waals surface area contributed by atoms with Crippen LogP contribution in [0.3, 0.4) is 0 Å². The predicted molar refractivity (Wildman–Crippen MR) is 97.5 cm³/mol. The summed E-state index contributed by atoms with van der Waals surface area (Å²) in [6.45, 7) is 2.59. The smallest absolute Gasteiger partial charge is 0.286 e. The highest BCUT2D eigenvalue weighted by Crippen LogP contribution is 2.14. The van der Waals surface area contributed by atoms with Gasteiger partial charge in [-0.2, -0.15) is 14.6 Å². The maximum absolute atomic E-state index is 5.91. The molecule has 0 spiro atoms. The summed E-state index contributed by atoms with van der Waals surface area (Å²) in [4.78, 5) is 0. The zero-order chi connectivity index (χ0) is 17.6. The number of nitrogens with zero attached hydrogens (tertiary/aromatic N) is 4. The summed E-state index contributed by atoms with van der Waals surface area (Å²) in [6, 6.07) is 13.9. The Morgan fingerprint density at radius 2 is 2.04 bits per heavy atom. The second-order valence-electron chi connectivity index (χ2n) is 5.60. The first-order chi connectivity index (χ1) is 12.2. The number of benzene rings is 1. The van der Waals surface area contributed by atoms with Crippen LogP contribution in [0.25, 0.3) is 5.65 Å². The van der Waals surface area contributed by atoms with Crippen molar-refractivity contribution >= 4 is 18.2 Å². The first kappa shape index (κ1) is 16.5. The largest absolute Gasteiger partial charge is 0.485 e. The van der Waals surface area contributed by atoms with E-state index in [0.29, 0.717) is 6.61 Å². The van der Waals surface area contributed by atoms with E-state index in [2.05, 4.69) is 55.9 Å². The molecule has 0 saturated heterocycles. The predicted octanol–water partition coefficient (Wildman–Crippen LogP) is 1.48. The van der Waals surface area contributed by atoms with Crippen molar-refractivity contribution in [1.29, 1.82) is 0 Å². The topological polar surface area (TPSA) is 81.0 Å². The van der Waals surface area contributed by atoms with Crippen molar-refractivity contribution in [2.24, 2.45) is 23.1 Å². The van der Waals surface area contributed by atoms with Gasteiger partial charge < -0.3 is 10.6 Å². The molecule has 1 aromatic carbocycles. The van der Waals surface area contributed by atoms with Crippen molar-refractivity contribution in [2.75, 3.05) is 0 Å². The molecule has 0 radical (unpaired) electrons. The van der Waals surface area contributed by atoms with Crippen molar-refractivity contribution in [3.8, 4) is 5.75 Å². The van der Waals surface area contributed by atoms with Crippen LogP contribution in [-0.4, -0.2) is 17.1 Å². The second kappa shape index (κ2) is 7.48. The van der Waals surface area contributed by atoms with E-state index >= 15 is 0 Å². The Bertz CT molecular complexity index is 911. The zero-order valence-corrected chi connectivity index (χ0v) is 14.3. The molecule has 2 heterocycles. The minimum Gasteiger partial charge on any atom is -0.485 e. The average Bonchev–Trinajstić information content (AvgIpc) is 2.96. The summed E-state index contributed by atoms with van der Waals surface area (Å²) in [5.74, 6) is 5.77. The number of ether oxygens (including phenoxy) is 1. The van der Waals surface area contributed by atoms with E-state index in [1.807, 2.05) is 31.3 Å². The van der Waals surface area contributed by atoms with E-state index in [4.69, 9.17) is 10.6 Å². The number of hydrazone groups is 2. The lowest BCUT2D eigenvalue weighted by molar-refractivity contribution is -0.518. The van der Waals surface area contributed by atoms with Gasteiger partial charge in [-0.05, 0) is 42.8 Å². The van der Waals surface area contributed by atoms with Gasteiger partial charge in [0.15, 0.2) is 12.3 Å². The minimum absolute atomic E-state index is 0.500. The highest BCUT2D eigenvalue weighted by atomic mass is 16.5. The van der Waals surface area contributed by atoms with Crippen LogP contribution in [0.5, 0.6) is 5.75 Å². The molecular formula is C18H21N6O+. The number of hydrogen-bond donors (Lipinski definition) is 2. The average molecular weight is 337 g/mol. The van der Waals surface area contributed by atoms with Crippen molar-refractivity contribution < 1.29 is 9.14 Å². The van der Waals surface area contributed by atoms with Crippen LogP contribution in [0.2, 0.25) is 0 Å². The maximum atomic E-state index is 5.91. The van der Waals surface area contributed by atoms with Crippen molar-refractivity contribution in [3.05, 3.63) is 65.6 Å². The van der Waals surface area contributed by atoms with Gasteiger partial charge in [-0.1, -0.05) is 6.07 Å². The molecule has 0 amide bonds. The zero-order valence-electron chi connectivity index (χ0n) is 14.3. The molecule has 3 aromatic rings. The molecule has 0 aliphatic rings. The number of aromatic nitrogens is 2. The molecule has 0 unspecified atom stereocenters. The van der Waals surface area contributed by atoms with E-state index in [1.165, 1.54) is 12.0 Å². The van der Waals surface area contributed by atoms with Crippen molar-refractivity contribution in [1.82, 2.24) is 9.99 Å². The van der Waals surface area contributed by atoms with Crippen LogP contribution in [-0.2, 0) is 13.7 Å². The van der Waals surface area contributed by atoms with E-state index < -0.39 is 0 Å². The molecule has 0 aliphatic heterocycles. The fourth-order valence-electron chi connectivity index (χ4n) is 2.56. The first-order valence-electron chi connectivity index (χ1n) is 7.88. The summed E-state index contributed by atoms with van der Waals surface area (Å²) in [5.41, 5.74) is 6.96. The van der Waals surface area contributed by atoms with Gasteiger partial charge in [-0.15, -0.1) is 0 Å². The first-order valence-corrected chi connectivity index (χ1v) is 7.88. The Kier molecular flexibility index (Phi) is 4.94. The van der Waals surface area contributed by atoms with Gasteiger partial charge in [0, 0.05) is 6.07 Å². The minimum atomic E-state index is 0.500. The second-order valence-corrected chi connectivity index (χ2v) is 5.60. The van der Waals surface area contributed by atoms with Gasteiger partial charge in [-0.25, -0.2) is 4.57 Å². The maximum Gasteiger partial charge on any atom is 0.286 e. The summed E-state index contributed by atoms with van der Waals surface area (Å²) < 4.78 is 10.2. The summed E-state index contributed by atoms with van der Waals surface area (Å²) in [6.07, 6.45) is 5.09. The van der Waals surface area contributed by atoms with Crippen LogP contribution < -0.4 is 20.4 Å². The number of pyridine rings is 1. The van der Waals surface area contributed by atoms with Gasteiger partial charge in [0.05, 0.1) is 13.3 Å². The fraction of sp³-hybridized carbons (Fsp3) is 0.167. The van der Waals surface area contributed by atoms with Crippen molar-refractivity contribution in [3.63, 3.8) is 0 Å². The SMILES string of the molecule is Cc1cccc2n(C)c(COc3ccc(/C=N\NC=NN)cc3)c[n+]12. The highest BCUT2D eigenvalue weighted by molar-refractivity contribution is 5.80. The lowest BCUT2D eigenvalue weighted by Crippen LogP contribution is -2.22. The molecule has 2 aromatic heterocycles. The summed E-state index contributed by atoms with van der Waals surface area (Å²) in [7, 11) is 2.05. The Morgan fingerprint density at radius 1 is 1.24 bits per heavy atom. The molecule has 128 valence electrons. The molecular weight excluding hydrogens is 316 g/mol. The number of nitrogens with one attached hydrogen (secondary N) is 1. The molecule has 0 saturated carbocycles. The molecule has 3 rings (SSSR count). The van der Waals surface area contributed by atoms with Crippen LogP contribution in [0.1, 0.15) is 17.0 Å². The van der Waals surface area contributed by atoms with Crippen molar-refractivity contribution in [2.45, 2.75) is 13.5 Å². The summed E-state index contributed by atoms with van der Waals surface area (Å²) in [5, 5.41) is 7.24. The Hall–Kier alpha value is -3.35. The third kappa shape index (κ3) is 3.77. The lowest BCUT2D eigenvalue weighted by atomic mass is 10.2. The van der Waals surface area contributed by atoms with Gasteiger partial charge in [0.25, 0.3) is 5.65 Å². The van der Waals surface area contributed by atoms with E-state index in [0.717, 1.165) is 22.7 Å². The van der Waals surface area contributed by atoms with E-state index in [-0.39, 0.29) is 0 Å². The van der Waals surface area contributed by atoms with Gasteiger partial charge in [0.1, 0.15) is 24.0 Å². The lowest BCUT2D eigenvalue weighted by Gasteiger charge is -2.04. The number of imidazole rings is 1. The van der Waals surface area contributed by atoms with Gasteiger partial charge in [0.2, 0.25) is 0 Å². The molecule has 0 aliphatic carbocycles. The van der Waals surface area contributed by atoms with Crippen LogP contribution in [0, 0.1) is 6.92 Å². The quantitative estimate of drug-likeness (QED) is 0.235. The van der Waals surface area contributed by atoms with Crippen LogP contribution in [0.15, 0.2) is 58.9 Å². The normalized spacial score (nSPS) is 11.6. The van der Waals surface area contributed by atoms with E-state index in [9.17, 15) is 0 Å². The number of hydrogen-bond acceptors (Lipinski definition) is 4.